The average Bonchev–Trinajstić information content (AvgIpc) is 1.87. The molecule has 0 rings (SSSR count). The Bertz CT molecular complexity index is 181. The minimum Gasteiger partial charge on any atom is -0.290 e. The number of carbonyl (C=O) groups is 1. The number of hydrogen-bond donors (Lipinski definition) is 0. The van der Waals surface area contributed by atoms with Crippen LogP contribution in [-0.4, -0.2) is 5.78 Å². The normalized spacial score (nSPS) is 10.0. The van der Waals surface area contributed by atoms with E-state index in [2.05, 4.69) is 0 Å². The van der Waals surface area contributed by atoms with Crippen LogP contribution in [0, 0.1) is 0 Å². The zero-order valence-electron chi connectivity index (χ0n) is 7.06. The van der Waals surface area contributed by atoms with Crippen LogP contribution in [0.5, 0.6) is 0 Å². The smallest absolute Gasteiger partial charge is 0.181 e. The van der Waals surface area contributed by atoms with Crippen LogP contribution in [0.15, 0.2) is 23.3 Å². The van der Waals surface area contributed by atoms with Gasteiger partial charge in [-0.1, -0.05) is 11.6 Å². The minimum atomic E-state index is 0.113. The van der Waals surface area contributed by atoms with E-state index >= 15 is 0 Å². The van der Waals surface area contributed by atoms with Gasteiger partial charge in [0.2, 0.25) is 0 Å². The van der Waals surface area contributed by atoms with Crippen molar-refractivity contribution >= 4 is 5.78 Å². The third-order valence-electron chi connectivity index (χ3n) is 1.44. The summed E-state index contributed by atoms with van der Waals surface area (Å²) in [6.07, 6.45) is 3.34. The van der Waals surface area contributed by atoms with Crippen molar-refractivity contribution in [3.8, 4) is 0 Å². The fraction of sp³-hybridized carbons (Fsp3) is 0.444. The van der Waals surface area contributed by atoms with Crippen LogP contribution < -0.4 is 0 Å². The summed E-state index contributed by atoms with van der Waals surface area (Å²) in [6.45, 7) is 7.57. The molecule has 0 spiro atoms. The first-order valence-electron chi connectivity index (χ1n) is 3.40. The first-order valence-corrected chi connectivity index (χ1v) is 3.40. The van der Waals surface area contributed by atoms with Gasteiger partial charge in [0.25, 0.3) is 0 Å². The molecule has 10 heavy (non-hydrogen) atoms. The molecule has 0 amide bonds. The molecule has 0 aliphatic heterocycles. The van der Waals surface area contributed by atoms with Gasteiger partial charge in [-0.15, -0.1) is 0 Å². The lowest BCUT2D eigenvalue weighted by Crippen LogP contribution is -1.95. The van der Waals surface area contributed by atoms with E-state index in [-0.39, 0.29) is 5.78 Å². The zero-order chi connectivity index (χ0) is 8.15. The van der Waals surface area contributed by atoms with Crippen molar-refractivity contribution in [3.05, 3.63) is 23.3 Å². The van der Waals surface area contributed by atoms with E-state index in [1.54, 1.807) is 12.2 Å². The van der Waals surface area contributed by atoms with Crippen LogP contribution in [0.4, 0.5) is 0 Å². The molecule has 0 aromatic rings. The van der Waals surface area contributed by atoms with Crippen LogP contribution in [-0.2, 0) is 4.79 Å². The summed E-state index contributed by atoms with van der Waals surface area (Å²) in [5, 5.41) is 0. The van der Waals surface area contributed by atoms with Crippen LogP contribution >= 0.6 is 0 Å². The maximum atomic E-state index is 11.0. The maximum absolute atomic E-state index is 11.0. The van der Waals surface area contributed by atoms with Gasteiger partial charge < -0.3 is 0 Å². The first kappa shape index (κ1) is 9.15. The fourth-order valence-corrected chi connectivity index (χ4v) is 0.523. The van der Waals surface area contributed by atoms with Crippen LogP contribution in [0.25, 0.3) is 0 Å². The Labute approximate surface area is 62.4 Å². The van der Waals surface area contributed by atoms with Gasteiger partial charge in [0.1, 0.15) is 0 Å². The van der Waals surface area contributed by atoms with E-state index in [1.165, 1.54) is 0 Å². The number of allylic oxidation sites excluding steroid dienone is 4. The highest BCUT2D eigenvalue weighted by molar-refractivity contribution is 6.03. The molecule has 0 fully saturated rings. The van der Waals surface area contributed by atoms with Gasteiger partial charge in [-0.05, 0) is 39.3 Å². The van der Waals surface area contributed by atoms with E-state index < -0.39 is 0 Å². The Morgan fingerprint density at radius 2 is 1.70 bits per heavy atom. The van der Waals surface area contributed by atoms with E-state index in [9.17, 15) is 4.79 Å². The fourth-order valence-electron chi connectivity index (χ4n) is 0.523. The Hall–Kier alpha value is -0.850. The average molecular weight is 138 g/mol. The summed E-state index contributed by atoms with van der Waals surface area (Å²) in [6, 6.07) is 0. The quantitative estimate of drug-likeness (QED) is 0.536. The zero-order valence-corrected chi connectivity index (χ0v) is 7.06. The largest absolute Gasteiger partial charge is 0.290 e. The third kappa shape index (κ3) is 2.62. The maximum Gasteiger partial charge on any atom is 0.181 e. The molecule has 0 saturated carbocycles. The molecule has 0 aromatic carbocycles. The topological polar surface area (TPSA) is 17.1 Å². The first-order chi connectivity index (χ1) is 4.59. The van der Waals surface area contributed by atoms with Gasteiger partial charge in [-0.2, -0.15) is 0 Å². The second-order valence-electron chi connectivity index (χ2n) is 2.49. The van der Waals surface area contributed by atoms with Crippen LogP contribution in [0.3, 0.4) is 0 Å². The van der Waals surface area contributed by atoms with Gasteiger partial charge in [0, 0.05) is 0 Å². The Kier molecular flexibility index (Phi) is 3.70. The van der Waals surface area contributed by atoms with E-state index in [4.69, 9.17) is 0 Å². The molecule has 0 heterocycles. The number of ketones is 1. The van der Waals surface area contributed by atoms with Gasteiger partial charge in [-0.25, -0.2) is 0 Å². The minimum absolute atomic E-state index is 0.113. The molecule has 0 radical (unpaired) electrons. The predicted octanol–water partition coefficient (Wildman–Crippen LogP) is 2.49. The highest BCUT2D eigenvalue weighted by atomic mass is 16.1. The molecule has 1 nitrogen and oxygen atoms in total. The Morgan fingerprint density at radius 1 is 1.20 bits per heavy atom. The summed E-state index contributed by atoms with van der Waals surface area (Å²) in [7, 11) is 0. The SMILES string of the molecule is C/C=C\C(=O)C(C)=C(C)C. The molecule has 56 valence electrons. The van der Waals surface area contributed by atoms with E-state index in [1.807, 2.05) is 27.7 Å². The lowest BCUT2D eigenvalue weighted by atomic mass is 10.1. The van der Waals surface area contributed by atoms with Crippen molar-refractivity contribution in [2.75, 3.05) is 0 Å². The second-order valence-corrected chi connectivity index (χ2v) is 2.49. The van der Waals surface area contributed by atoms with E-state index in [0.717, 1.165) is 11.1 Å². The van der Waals surface area contributed by atoms with Gasteiger partial charge >= 0.3 is 0 Å². The van der Waals surface area contributed by atoms with E-state index in [0.29, 0.717) is 0 Å². The molecular formula is C9H14O. The third-order valence-corrected chi connectivity index (χ3v) is 1.44. The van der Waals surface area contributed by atoms with Crippen LogP contribution in [0.2, 0.25) is 0 Å². The molecular weight excluding hydrogens is 124 g/mol. The summed E-state index contributed by atoms with van der Waals surface area (Å²) in [4.78, 5) is 11.0. The lowest BCUT2D eigenvalue weighted by molar-refractivity contribution is -0.111. The molecule has 0 saturated heterocycles. The molecule has 0 aromatic heterocycles. The summed E-state index contributed by atoms with van der Waals surface area (Å²) >= 11 is 0. The Balaban J connectivity index is 4.38. The summed E-state index contributed by atoms with van der Waals surface area (Å²) in [5.41, 5.74) is 1.93. The summed E-state index contributed by atoms with van der Waals surface area (Å²) < 4.78 is 0. The molecule has 0 unspecified atom stereocenters. The highest BCUT2D eigenvalue weighted by Gasteiger charge is 1.98. The Morgan fingerprint density at radius 3 is 2.00 bits per heavy atom. The molecule has 0 aliphatic rings. The van der Waals surface area contributed by atoms with Gasteiger partial charge in [0.15, 0.2) is 5.78 Å². The number of hydrogen-bond acceptors (Lipinski definition) is 1. The van der Waals surface area contributed by atoms with Crippen LogP contribution in [0.1, 0.15) is 27.7 Å². The summed E-state index contributed by atoms with van der Waals surface area (Å²) in [5.74, 6) is 0.113. The van der Waals surface area contributed by atoms with Crippen molar-refractivity contribution in [1.29, 1.82) is 0 Å². The second kappa shape index (κ2) is 4.04. The van der Waals surface area contributed by atoms with Crippen molar-refractivity contribution in [2.24, 2.45) is 0 Å². The molecule has 0 atom stereocenters. The predicted molar refractivity (Wildman–Crippen MR) is 43.9 cm³/mol. The van der Waals surface area contributed by atoms with Gasteiger partial charge in [0.05, 0.1) is 0 Å². The number of rotatable bonds is 2. The van der Waals surface area contributed by atoms with Crippen molar-refractivity contribution < 1.29 is 4.79 Å². The van der Waals surface area contributed by atoms with Gasteiger partial charge in [-0.3, -0.25) is 4.79 Å². The van der Waals surface area contributed by atoms with Crippen molar-refractivity contribution in [2.45, 2.75) is 27.7 Å². The monoisotopic (exact) mass is 138 g/mol. The standard InChI is InChI=1S/C9H14O/c1-5-6-9(10)8(4)7(2)3/h5-6H,1-4H3/b6-5-. The molecule has 0 N–H and O–H groups in total. The molecule has 0 bridgehead atoms. The molecule has 1 heteroatoms. The molecule has 0 aliphatic carbocycles. The lowest BCUT2D eigenvalue weighted by Gasteiger charge is -1.95. The van der Waals surface area contributed by atoms with Crippen molar-refractivity contribution in [1.82, 2.24) is 0 Å². The highest BCUT2D eigenvalue weighted by Crippen LogP contribution is 2.03. The number of carbonyl (C=O) groups excluding carboxylic acids is 1. The van der Waals surface area contributed by atoms with Crippen molar-refractivity contribution in [3.63, 3.8) is 0 Å².